The molecule has 1 aromatic carbocycles. The summed E-state index contributed by atoms with van der Waals surface area (Å²) in [6.07, 6.45) is 5.52. The first-order chi connectivity index (χ1) is 11.7. The fourth-order valence-electron chi connectivity index (χ4n) is 2.26. The van der Waals surface area contributed by atoms with Crippen LogP contribution >= 0.6 is 0 Å². The summed E-state index contributed by atoms with van der Waals surface area (Å²) in [7, 11) is 0. The van der Waals surface area contributed by atoms with Crippen LogP contribution in [-0.2, 0) is 9.53 Å². The lowest BCUT2D eigenvalue weighted by atomic mass is 10.1. The second kappa shape index (κ2) is 7.37. The summed E-state index contributed by atoms with van der Waals surface area (Å²) in [5.74, 6) is -0.934. The first-order valence-electron chi connectivity index (χ1n) is 7.41. The molecule has 1 atom stereocenters. The number of nitrogens with one attached hydrogen (secondary N) is 1. The van der Waals surface area contributed by atoms with Crippen molar-refractivity contribution in [3.63, 3.8) is 0 Å². The van der Waals surface area contributed by atoms with Gasteiger partial charge in [0.2, 0.25) is 0 Å². The molecule has 4 nitrogen and oxygen atoms in total. The predicted octanol–water partition coefficient (Wildman–Crippen LogP) is 3.89. The van der Waals surface area contributed by atoms with Crippen LogP contribution in [0, 0.1) is 5.82 Å². The normalized spacial score (nSPS) is 12.2. The molecule has 1 N–H and O–H groups in total. The molecule has 2 heterocycles. The van der Waals surface area contributed by atoms with E-state index in [9.17, 15) is 9.18 Å². The number of benzene rings is 1. The third-order valence-corrected chi connectivity index (χ3v) is 3.36. The average Bonchev–Trinajstić information content (AvgIpc) is 3.12. The molecule has 0 bridgehead atoms. The van der Waals surface area contributed by atoms with Crippen LogP contribution in [0.4, 0.5) is 4.39 Å². The summed E-state index contributed by atoms with van der Waals surface area (Å²) >= 11 is 0. The lowest BCUT2D eigenvalue weighted by molar-refractivity contribution is -0.141. The monoisotopic (exact) mass is 322 g/mol. The van der Waals surface area contributed by atoms with Crippen molar-refractivity contribution in [3.8, 4) is 0 Å². The van der Waals surface area contributed by atoms with Gasteiger partial charge in [-0.3, -0.25) is 4.98 Å². The molecule has 3 rings (SSSR count). The van der Waals surface area contributed by atoms with E-state index in [2.05, 4.69) is 9.97 Å². The molecule has 24 heavy (non-hydrogen) atoms. The van der Waals surface area contributed by atoms with Crippen LogP contribution in [0.1, 0.15) is 23.1 Å². The van der Waals surface area contributed by atoms with Gasteiger partial charge in [-0.05, 0) is 42.5 Å². The van der Waals surface area contributed by atoms with Gasteiger partial charge in [0.25, 0.3) is 0 Å². The second-order valence-corrected chi connectivity index (χ2v) is 5.09. The molecular formula is C19H15FN2O2. The van der Waals surface area contributed by atoms with E-state index in [1.54, 1.807) is 48.8 Å². The smallest absolute Gasteiger partial charge is 0.331 e. The number of H-pyrrole nitrogens is 1. The lowest BCUT2D eigenvalue weighted by Gasteiger charge is -2.17. The summed E-state index contributed by atoms with van der Waals surface area (Å²) in [5.41, 5.74) is 1.84. The van der Waals surface area contributed by atoms with E-state index in [1.165, 1.54) is 18.2 Å². The molecule has 0 saturated carbocycles. The van der Waals surface area contributed by atoms with Crippen molar-refractivity contribution in [3.05, 3.63) is 95.8 Å². The second-order valence-electron chi connectivity index (χ2n) is 5.09. The zero-order valence-electron chi connectivity index (χ0n) is 12.7. The number of halogens is 1. The van der Waals surface area contributed by atoms with Crippen LogP contribution in [0.2, 0.25) is 0 Å². The molecule has 0 aliphatic heterocycles. The fraction of sp³-hybridized carbons (Fsp3) is 0.0526. The molecule has 120 valence electrons. The first kappa shape index (κ1) is 15.7. The molecule has 0 spiro atoms. The van der Waals surface area contributed by atoms with Gasteiger partial charge in [0, 0.05) is 29.7 Å². The Bertz CT molecular complexity index is 830. The van der Waals surface area contributed by atoms with Gasteiger partial charge in [-0.15, -0.1) is 0 Å². The Morgan fingerprint density at radius 1 is 1.17 bits per heavy atom. The van der Waals surface area contributed by atoms with Crippen LogP contribution in [0.3, 0.4) is 0 Å². The summed E-state index contributed by atoms with van der Waals surface area (Å²) in [6.45, 7) is 0. The van der Waals surface area contributed by atoms with E-state index in [0.29, 0.717) is 11.3 Å². The number of nitrogens with zero attached hydrogens (tertiary/aromatic N) is 1. The van der Waals surface area contributed by atoms with E-state index < -0.39 is 17.9 Å². The minimum absolute atomic E-state index is 0.397. The number of aromatic nitrogens is 2. The Morgan fingerprint density at radius 3 is 2.79 bits per heavy atom. The number of esters is 1. The minimum atomic E-state index is -0.775. The third-order valence-electron chi connectivity index (χ3n) is 3.36. The van der Waals surface area contributed by atoms with Crippen molar-refractivity contribution in [2.45, 2.75) is 6.10 Å². The van der Waals surface area contributed by atoms with Crippen LogP contribution < -0.4 is 0 Å². The zero-order chi connectivity index (χ0) is 16.8. The van der Waals surface area contributed by atoms with Crippen molar-refractivity contribution in [2.24, 2.45) is 0 Å². The highest BCUT2D eigenvalue weighted by molar-refractivity contribution is 5.87. The topological polar surface area (TPSA) is 55.0 Å². The van der Waals surface area contributed by atoms with Gasteiger partial charge in [-0.2, -0.15) is 0 Å². The molecule has 0 saturated heterocycles. The Morgan fingerprint density at radius 2 is 2.08 bits per heavy atom. The van der Waals surface area contributed by atoms with Crippen molar-refractivity contribution < 1.29 is 13.9 Å². The minimum Gasteiger partial charge on any atom is -0.448 e. The Labute approximate surface area is 138 Å². The molecule has 0 fully saturated rings. The van der Waals surface area contributed by atoms with Crippen LogP contribution in [0.15, 0.2) is 73.1 Å². The molecule has 0 aliphatic carbocycles. The Kier molecular flexibility index (Phi) is 4.81. The van der Waals surface area contributed by atoms with Gasteiger partial charge in [0.05, 0.1) is 5.69 Å². The molecule has 0 amide bonds. The average molecular weight is 322 g/mol. The van der Waals surface area contributed by atoms with Gasteiger partial charge in [-0.1, -0.05) is 18.2 Å². The van der Waals surface area contributed by atoms with Crippen LogP contribution in [-0.4, -0.2) is 15.9 Å². The highest BCUT2D eigenvalue weighted by atomic mass is 19.1. The number of rotatable bonds is 5. The Hall–Kier alpha value is -3.21. The summed E-state index contributed by atoms with van der Waals surface area (Å²) in [4.78, 5) is 19.3. The summed E-state index contributed by atoms with van der Waals surface area (Å²) in [5, 5.41) is 0. The van der Waals surface area contributed by atoms with Crippen molar-refractivity contribution in [2.75, 3.05) is 0 Å². The number of carbonyl (C=O) groups excluding carboxylic acids is 1. The van der Waals surface area contributed by atoms with Crippen molar-refractivity contribution >= 4 is 12.0 Å². The van der Waals surface area contributed by atoms with Gasteiger partial charge in [0.1, 0.15) is 5.82 Å². The third kappa shape index (κ3) is 3.95. The fourth-order valence-corrected chi connectivity index (χ4v) is 2.26. The Balaban J connectivity index is 1.84. The van der Waals surface area contributed by atoms with E-state index >= 15 is 0 Å². The first-order valence-corrected chi connectivity index (χ1v) is 7.41. The van der Waals surface area contributed by atoms with E-state index in [1.807, 2.05) is 12.1 Å². The van der Waals surface area contributed by atoms with Crippen molar-refractivity contribution in [1.29, 1.82) is 0 Å². The molecule has 2 aromatic heterocycles. The van der Waals surface area contributed by atoms with E-state index in [-0.39, 0.29) is 0 Å². The number of hydrogen-bond donors (Lipinski definition) is 1. The number of aromatic amines is 1. The number of hydrogen-bond acceptors (Lipinski definition) is 3. The lowest BCUT2D eigenvalue weighted by Crippen LogP contribution is -2.12. The summed E-state index contributed by atoms with van der Waals surface area (Å²) < 4.78 is 19.0. The maximum atomic E-state index is 13.5. The molecule has 3 aromatic rings. The SMILES string of the molecule is O=C(C=Cc1ccc[nH]1)OC(c1cccc(F)c1)c1ccccn1. The number of carbonyl (C=O) groups is 1. The van der Waals surface area contributed by atoms with Crippen LogP contribution in [0.5, 0.6) is 0 Å². The van der Waals surface area contributed by atoms with Gasteiger partial charge < -0.3 is 9.72 Å². The van der Waals surface area contributed by atoms with Gasteiger partial charge in [-0.25, -0.2) is 9.18 Å². The predicted molar refractivity (Wildman–Crippen MR) is 88.4 cm³/mol. The van der Waals surface area contributed by atoms with Crippen LogP contribution in [0.25, 0.3) is 6.08 Å². The molecule has 0 radical (unpaired) electrons. The van der Waals surface area contributed by atoms with Gasteiger partial charge >= 0.3 is 5.97 Å². The standard InChI is InChI=1S/C19H15FN2O2/c20-15-6-3-5-14(13-15)19(17-8-1-2-11-22-17)24-18(23)10-9-16-7-4-12-21-16/h1-13,19,21H. The number of pyridine rings is 1. The van der Waals surface area contributed by atoms with Gasteiger partial charge in [0.15, 0.2) is 6.10 Å². The highest BCUT2D eigenvalue weighted by Crippen LogP contribution is 2.25. The maximum Gasteiger partial charge on any atom is 0.331 e. The highest BCUT2D eigenvalue weighted by Gasteiger charge is 2.19. The van der Waals surface area contributed by atoms with E-state index in [0.717, 1.165) is 5.69 Å². The molecular weight excluding hydrogens is 307 g/mol. The molecule has 5 heteroatoms. The zero-order valence-corrected chi connectivity index (χ0v) is 12.7. The quantitative estimate of drug-likeness (QED) is 0.572. The summed E-state index contributed by atoms with van der Waals surface area (Å²) in [6, 6.07) is 14.9. The largest absolute Gasteiger partial charge is 0.448 e. The maximum absolute atomic E-state index is 13.5. The molecule has 0 aliphatic rings. The van der Waals surface area contributed by atoms with E-state index in [4.69, 9.17) is 4.74 Å². The molecule has 1 unspecified atom stereocenters. The number of ether oxygens (including phenoxy) is 1. The van der Waals surface area contributed by atoms with Crippen molar-refractivity contribution in [1.82, 2.24) is 9.97 Å².